The van der Waals surface area contributed by atoms with Gasteiger partial charge in [-0.25, -0.2) is 0 Å². The molecule has 0 saturated carbocycles. The second-order valence-corrected chi connectivity index (χ2v) is 5.39. The molecule has 88 valence electrons. The number of methoxy groups -OCH3 is 1. The largest absolute Gasteiger partial charge is 0.469 e. The van der Waals surface area contributed by atoms with Gasteiger partial charge in [-0.1, -0.05) is 6.92 Å². The molecule has 4 heteroatoms. The Kier molecular flexibility index (Phi) is 4.93. The predicted molar refractivity (Wildman–Crippen MR) is 63.9 cm³/mol. The maximum absolute atomic E-state index is 11.4. The zero-order valence-electron chi connectivity index (χ0n) is 9.62. The lowest BCUT2D eigenvalue weighted by Gasteiger charge is -2.40. The fraction of sp³-hybridized carbons (Fsp3) is 0.909. The van der Waals surface area contributed by atoms with Crippen LogP contribution in [0.25, 0.3) is 0 Å². The fourth-order valence-corrected chi connectivity index (χ4v) is 3.59. The molecule has 0 radical (unpaired) electrons. The van der Waals surface area contributed by atoms with Gasteiger partial charge < -0.3 is 10.5 Å². The number of carbonyl (C=O) groups excluding carboxylic acids is 1. The van der Waals surface area contributed by atoms with E-state index in [0.29, 0.717) is 6.42 Å². The average Bonchev–Trinajstić information content (AvgIpc) is 2.29. The van der Waals surface area contributed by atoms with E-state index in [0.717, 1.165) is 25.0 Å². The Balaban J connectivity index is 2.70. The lowest BCUT2D eigenvalue weighted by molar-refractivity contribution is -0.143. The first-order valence-electron chi connectivity index (χ1n) is 5.55. The van der Waals surface area contributed by atoms with Gasteiger partial charge in [-0.3, -0.25) is 4.79 Å². The van der Waals surface area contributed by atoms with Crippen LogP contribution in [0.2, 0.25) is 0 Å². The molecule has 1 fully saturated rings. The van der Waals surface area contributed by atoms with Gasteiger partial charge in [-0.2, -0.15) is 11.8 Å². The molecule has 1 saturated heterocycles. The summed E-state index contributed by atoms with van der Waals surface area (Å²) in [5.41, 5.74) is 6.14. The molecule has 2 N–H and O–H groups in total. The highest BCUT2D eigenvalue weighted by Gasteiger charge is 2.39. The Labute approximate surface area is 96.1 Å². The molecule has 0 aromatic heterocycles. The monoisotopic (exact) mass is 231 g/mol. The lowest BCUT2D eigenvalue weighted by Crippen LogP contribution is -2.46. The number of hydrogen-bond donors (Lipinski definition) is 1. The molecule has 0 aromatic rings. The summed E-state index contributed by atoms with van der Waals surface area (Å²) in [6.45, 7) is 2.09. The van der Waals surface area contributed by atoms with Crippen LogP contribution < -0.4 is 5.73 Å². The number of nitrogens with two attached hydrogens (primary N) is 1. The molecule has 0 bridgehead atoms. The van der Waals surface area contributed by atoms with Crippen molar-refractivity contribution in [2.45, 2.75) is 38.6 Å². The fourth-order valence-electron chi connectivity index (χ4n) is 2.23. The third-order valence-electron chi connectivity index (χ3n) is 3.30. The van der Waals surface area contributed by atoms with Crippen LogP contribution >= 0.6 is 11.8 Å². The van der Waals surface area contributed by atoms with Gasteiger partial charge in [0.1, 0.15) is 0 Å². The van der Waals surface area contributed by atoms with Crippen molar-refractivity contribution in [2.75, 3.05) is 18.6 Å². The van der Waals surface area contributed by atoms with E-state index in [9.17, 15) is 4.79 Å². The van der Waals surface area contributed by atoms with E-state index in [1.807, 2.05) is 11.8 Å². The number of esters is 1. The van der Waals surface area contributed by atoms with Crippen molar-refractivity contribution in [2.24, 2.45) is 11.1 Å². The summed E-state index contributed by atoms with van der Waals surface area (Å²) < 4.78 is 4.77. The van der Waals surface area contributed by atoms with Crippen LogP contribution in [0.5, 0.6) is 0 Å². The summed E-state index contributed by atoms with van der Waals surface area (Å²) in [5, 5.41) is 0. The first kappa shape index (κ1) is 12.8. The second-order valence-electron chi connectivity index (χ2n) is 4.29. The third-order valence-corrected chi connectivity index (χ3v) is 4.66. The van der Waals surface area contributed by atoms with Crippen LogP contribution in [0.3, 0.4) is 0 Å². The lowest BCUT2D eigenvalue weighted by atomic mass is 9.74. The van der Waals surface area contributed by atoms with E-state index in [-0.39, 0.29) is 17.4 Å². The minimum Gasteiger partial charge on any atom is -0.469 e. The number of rotatable bonds is 4. The summed E-state index contributed by atoms with van der Waals surface area (Å²) in [5.74, 6) is 2.07. The van der Waals surface area contributed by atoms with Crippen LogP contribution in [0, 0.1) is 5.41 Å². The van der Waals surface area contributed by atoms with Gasteiger partial charge in [0.25, 0.3) is 0 Å². The molecule has 0 aromatic carbocycles. The molecule has 1 heterocycles. The number of thioether (sulfide) groups is 1. The molecule has 0 amide bonds. The van der Waals surface area contributed by atoms with Crippen molar-refractivity contribution in [3.63, 3.8) is 0 Å². The predicted octanol–water partition coefficient (Wildman–Crippen LogP) is 1.80. The van der Waals surface area contributed by atoms with Gasteiger partial charge in [0, 0.05) is 17.2 Å². The molecule has 0 aliphatic carbocycles. The highest BCUT2D eigenvalue weighted by Crippen LogP contribution is 2.40. The molecule has 15 heavy (non-hydrogen) atoms. The Morgan fingerprint density at radius 1 is 1.67 bits per heavy atom. The van der Waals surface area contributed by atoms with Gasteiger partial charge in [-0.05, 0) is 25.0 Å². The summed E-state index contributed by atoms with van der Waals surface area (Å²) >= 11 is 1.91. The first-order valence-corrected chi connectivity index (χ1v) is 6.70. The number of hydrogen-bond acceptors (Lipinski definition) is 4. The van der Waals surface area contributed by atoms with E-state index in [4.69, 9.17) is 10.5 Å². The standard InChI is InChI=1S/C11H21NO2S/c1-3-9(12)11(7-10(13)14-2)5-4-6-15-8-11/h9H,3-8,12H2,1-2H3. The molecule has 3 nitrogen and oxygen atoms in total. The van der Waals surface area contributed by atoms with Crippen LogP contribution in [-0.4, -0.2) is 30.6 Å². The van der Waals surface area contributed by atoms with Crippen LogP contribution in [0.4, 0.5) is 0 Å². The van der Waals surface area contributed by atoms with E-state index < -0.39 is 0 Å². The van der Waals surface area contributed by atoms with Crippen LogP contribution in [0.1, 0.15) is 32.6 Å². The van der Waals surface area contributed by atoms with Crippen molar-refractivity contribution in [3.8, 4) is 0 Å². The Morgan fingerprint density at radius 3 is 2.87 bits per heavy atom. The molecule has 2 unspecified atom stereocenters. The van der Waals surface area contributed by atoms with Crippen molar-refractivity contribution >= 4 is 17.7 Å². The Hall–Kier alpha value is -0.220. The molecule has 1 aliphatic heterocycles. The van der Waals surface area contributed by atoms with E-state index >= 15 is 0 Å². The molecule has 1 rings (SSSR count). The Bertz CT molecular complexity index is 215. The summed E-state index contributed by atoms with van der Waals surface area (Å²) in [4.78, 5) is 11.4. The zero-order valence-corrected chi connectivity index (χ0v) is 10.4. The van der Waals surface area contributed by atoms with Crippen LogP contribution in [-0.2, 0) is 9.53 Å². The molecule has 2 atom stereocenters. The van der Waals surface area contributed by atoms with E-state index in [1.54, 1.807) is 0 Å². The smallest absolute Gasteiger partial charge is 0.306 e. The number of carbonyl (C=O) groups is 1. The van der Waals surface area contributed by atoms with Gasteiger partial charge in [-0.15, -0.1) is 0 Å². The van der Waals surface area contributed by atoms with Gasteiger partial charge in [0.15, 0.2) is 0 Å². The van der Waals surface area contributed by atoms with Crippen LogP contribution in [0.15, 0.2) is 0 Å². The van der Waals surface area contributed by atoms with Gasteiger partial charge >= 0.3 is 5.97 Å². The maximum Gasteiger partial charge on any atom is 0.306 e. The minimum atomic E-state index is -0.124. The quantitative estimate of drug-likeness (QED) is 0.750. The summed E-state index contributed by atoms with van der Waals surface area (Å²) in [6, 6.07) is 0.115. The third kappa shape index (κ3) is 3.11. The molecule has 1 aliphatic rings. The second kappa shape index (κ2) is 5.75. The first-order chi connectivity index (χ1) is 7.14. The van der Waals surface area contributed by atoms with Crippen molar-refractivity contribution in [1.29, 1.82) is 0 Å². The maximum atomic E-state index is 11.4. The normalized spacial score (nSPS) is 28.5. The minimum absolute atomic E-state index is 0.0231. The zero-order chi connectivity index (χ0) is 11.3. The summed E-state index contributed by atoms with van der Waals surface area (Å²) in [7, 11) is 1.45. The molecular formula is C11H21NO2S. The van der Waals surface area contributed by atoms with E-state index in [2.05, 4.69) is 6.92 Å². The summed E-state index contributed by atoms with van der Waals surface area (Å²) in [6.07, 6.45) is 3.63. The topological polar surface area (TPSA) is 52.3 Å². The highest BCUT2D eigenvalue weighted by molar-refractivity contribution is 7.99. The number of ether oxygens (including phenoxy) is 1. The Morgan fingerprint density at radius 2 is 2.40 bits per heavy atom. The molecular weight excluding hydrogens is 210 g/mol. The average molecular weight is 231 g/mol. The van der Waals surface area contributed by atoms with Gasteiger partial charge in [0.2, 0.25) is 0 Å². The molecule has 0 spiro atoms. The van der Waals surface area contributed by atoms with Gasteiger partial charge in [0.05, 0.1) is 13.5 Å². The highest BCUT2D eigenvalue weighted by atomic mass is 32.2. The SMILES string of the molecule is CCC(N)C1(CC(=O)OC)CCCSC1. The van der Waals surface area contributed by atoms with Crippen molar-refractivity contribution in [1.82, 2.24) is 0 Å². The van der Waals surface area contributed by atoms with E-state index in [1.165, 1.54) is 12.9 Å². The van der Waals surface area contributed by atoms with Crippen molar-refractivity contribution < 1.29 is 9.53 Å². The van der Waals surface area contributed by atoms with Crippen molar-refractivity contribution in [3.05, 3.63) is 0 Å².